The van der Waals surface area contributed by atoms with Crippen LogP contribution in [0.4, 0.5) is 0 Å². The van der Waals surface area contributed by atoms with Crippen molar-refractivity contribution >= 4 is 77.7 Å². The lowest BCUT2D eigenvalue weighted by Crippen LogP contribution is -2.40. The minimum absolute atomic E-state index is 0.0936. The average Bonchev–Trinajstić information content (AvgIpc) is 3.54. The molecule has 0 fully saturated rings. The number of fused-ring (bicyclic) bond motifs is 4. The first-order valence-electron chi connectivity index (χ1n) is 24.0. The summed E-state index contributed by atoms with van der Waals surface area (Å²) in [6.07, 6.45) is 3.63. The number of aromatic hydroxyl groups is 22. The average molecular weight is 1130 g/mol. The number of rotatable bonds is 6. The highest BCUT2D eigenvalue weighted by atomic mass is 16.4. The molecule has 420 valence electrons. The summed E-state index contributed by atoms with van der Waals surface area (Å²) in [7, 11) is 7.15. The van der Waals surface area contributed by atoms with Crippen molar-refractivity contribution in [2.45, 2.75) is 19.8 Å². The van der Waals surface area contributed by atoms with Gasteiger partial charge >= 0.3 is 0 Å². The summed E-state index contributed by atoms with van der Waals surface area (Å²) in [5, 5.41) is 287. The number of hydrogen-bond acceptors (Lipinski definition) is 25. The van der Waals surface area contributed by atoms with Crippen molar-refractivity contribution in [2.24, 2.45) is 0 Å². The van der Waals surface area contributed by atoms with Gasteiger partial charge in [-0.15, -0.1) is 6.42 Å². The smallest absolute Gasteiger partial charge is 0.213 e. The quantitative estimate of drug-likeness (QED) is 0.0248. The molecule has 25 nitrogen and oxygen atoms in total. The fourth-order valence-corrected chi connectivity index (χ4v) is 11.1. The zero-order chi connectivity index (χ0) is 61.8. The van der Waals surface area contributed by atoms with E-state index in [0.717, 1.165) is 6.92 Å². The molecular weight excluding hydrogens is 1090 g/mol. The monoisotopic (exact) mass is 1130 g/mol. The second-order valence-corrected chi connectivity index (χ2v) is 19.8. The Kier molecular flexibility index (Phi) is 12.6. The minimum atomic E-state index is -1.79. The highest BCUT2D eigenvalue weighted by Crippen LogP contribution is 2.67. The topological polar surface area (TPSA) is 506 Å². The van der Waals surface area contributed by atoms with E-state index < -0.39 is 222 Å². The predicted octanol–water partition coefficient (Wildman–Crippen LogP) is -4.04. The molecule has 0 amide bonds. The van der Waals surface area contributed by atoms with Crippen LogP contribution in [-0.4, -0.2) is 167 Å². The normalized spacial score (nSPS) is 13.5. The summed E-state index contributed by atoms with van der Waals surface area (Å²) in [5.74, 6) is -34.4. The third-order valence-corrected chi connectivity index (χ3v) is 15.8. The van der Waals surface area contributed by atoms with Gasteiger partial charge in [-0.2, -0.15) is 0 Å². The Morgan fingerprint density at radius 2 is 0.699 bits per heavy atom. The molecule has 0 atom stereocenters. The van der Waals surface area contributed by atoms with Crippen LogP contribution in [0.1, 0.15) is 34.2 Å². The largest absolute Gasteiger partial charge is 0.508 e. The van der Waals surface area contributed by atoms with E-state index in [4.69, 9.17) is 6.42 Å². The molecule has 9 rings (SSSR count). The van der Waals surface area contributed by atoms with Crippen molar-refractivity contribution < 1.29 is 128 Å². The lowest BCUT2D eigenvalue weighted by Gasteiger charge is -2.28. The van der Waals surface area contributed by atoms with Gasteiger partial charge in [-0.25, -0.2) is 0 Å². The standard InChI is InChI=1S/C53H43B5O25/c1-3-11(59)34(64)32(62)8-4-7(16-18(38(68)51(81)50(80)37(16)67)21-26(55)28(57)47(77)49(79)41(21)71)15-12(6(2)30(60)48(78)36(15)66)13(8)22-43(73)45(75)24(46(76)44(22)74)20-19(39(69)52(82)53(83)40(20)70)23-35(65)17-10(33(63)42(23)72)5-9-14(17)25(54)27(56)29(58)31(9)61/h1,59-83H,4-5,54-58H2,2H3/b32-8-,34-11-. The fourth-order valence-electron chi connectivity index (χ4n) is 11.1. The molecule has 2 aliphatic rings. The Balaban J connectivity index is 1.51. The van der Waals surface area contributed by atoms with E-state index in [2.05, 4.69) is 0 Å². The number of terminal acetylenes is 1. The van der Waals surface area contributed by atoms with E-state index in [1.165, 1.54) is 15.7 Å². The van der Waals surface area contributed by atoms with Crippen molar-refractivity contribution in [3.63, 3.8) is 0 Å². The lowest BCUT2D eigenvalue weighted by molar-refractivity contribution is 0.291. The Bertz CT molecular complexity index is 4460. The second-order valence-electron chi connectivity index (χ2n) is 19.8. The van der Waals surface area contributed by atoms with Gasteiger partial charge < -0.3 is 128 Å². The first-order chi connectivity index (χ1) is 38.6. The highest BCUT2D eigenvalue weighted by Gasteiger charge is 2.43. The SMILES string of the molecule is Bc1c(B)c(O)c2c(c1B)-c1c(O)c(-c3c(O)c(O)c(O)c(O)c3-c3c(O)c(O)c(C4=c5c(C)c(O)c(O)c(O)c5=C(c5c(O)c(O)c(O)c(O)c5-c5c(B)c(B)c(O)c(O)c5O)C/C4=C(O)\C(O)=C(\O)C#C)c(O)c3O)c(O)c(O)c1C2. The van der Waals surface area contributed by atoms with E-state index in [-0.39, 0.29) is 45.3 Å². The van der Waals surface area contributed by atoms with Crippen LogP contribution in [0, 0.1) is 19.3 Å². The zero-order valence-corrected chi connectivity index (χ0v) is 43.7. The molecule has 7 aromatic rings. The number of hydrogen-bond donors (Lipinski definition) is 25. The number of phenols is 22. The molecule has 7 aromatic carbocycles. The van der Waals surface area contributed by atoms with E-state index >= 15 is 0 Å². The van der Waals surface area contributed by atoms with Crippen LogP contribution in [0.25, 0.3) is 55.7 Å². The maximum atomic E-state index is 12.4. The van der Waals surface area contributed by atoms with Crippen molar-refractivity contribution in [1.29, 1.82) is 0 Å². The fraction of sp³-hybridized carbons (Fsp3) is 0.0566. The molecule has 0 spiro atoms. The molecule has 30 heteroatoms. The Morgan fingerprint density at radius 1 is 0.325 bits per heavy atom. The lowest BCUT2D eigenvalue weighted by atomic mass is 9.68. The summed E-state index contributed by atoms with van der Waals surface area (Å²) in [6, 6.07) is 0. The van der Waals surface area contributed by atoms with E-state index in [0.29, 0.717) is 16.4 Å². The molecule has 83 heavy (non-hydrogen) atoms. The molecule has 0 aliphatic heterocycles. The first-order valence-corrected chi connectivity index (χ1v) is 24.0. The van der Waals surface area contributed by atoms with Gasteiger partial charge in [-0.1, -0.05) is 21.9 Å². The number of phenolic OH excluding ortho intramolecular Hbond substituents is 22. The predicted molar refractivity (Wildman–Crippen MR) is 306 cm³/mol. The summed E-state index contributed by atoms with van der Waals surface area (Å²) in [6.45, 7) is 0.923. The maximum absolute atomic E-state index is 12.4. The van der Waals surface area contributed by atoms with Crippen LogP contribution in [0.3, 0.4) is 0 Å². The van der Waals surface area contributed by atoms with E-state index in [1.54, 1.807) is 29.5 Å². The number of allylic oxidation sites excluding steroid dienone is 2. The zero-order valence-electron chi connectivity index (χ0n) is 43.7. The van der Waals surface area contributed by atoms with Crippen LogP contribution in [0.15, 0.2) is 22.9 Å². The van der Waals surface area contributed by atoms with Gasteiger partial charge in [0.2, 0.25) is 40.3 Å². The van der Waals surface area contributed by atoms with Crippen molar-refractivity contribution in [3.05, 3.63) is 61.1 Å². The molecule has 0 radical (unpaired) electrons. The van der Waals surface area contributed by atoms with Gasteiger partial charge in [-0.3, -0.25) is 0 Å². The third kappa shape index (κ3) is 7.23. The molecule has 0 unspecified atom stereocenters. The highest BCUT2D eigenvalue weighted by molar-refractivity contribution is 6.60. The first kappa shape index (κ1) is 56.4. The van der Waals surface area contributed by atoms with Crippen LogP contribution in [0.5, 0.6) is 126 Å². The Morgan fingerprint density at radius 3 is 1.20 bits per heavy atom. The van der Waals surface area contributed by atoms with Crippen LogP contribution >= 0.6 is 0 Å². The van der Waals surface area contributed by atoms with Crippen LogP contribution in [-0.2, 0) is 6.42 Å². The van der Waals surface area contributed by atoms with E-state index in [9.17, 15) is 128 Å². The molecular formula is C53H43B5O25. The summed E-state index contributed by atoms with van der Waals surface area (Å²) >= 11 is 0. The minimum Gasteiger partial charge on any atom is -0.508 e. The summed E-state index contributed by atoms with van der Waals surface area (Å²) in [4.78, 5) is 0. The summed E-state index contributed by atoms with van der Waals surface area (Å²) in [5.41, 5.74) is -12.8. The van der Waals surface area contributed by atoms with Gasteiger partial charge in [-0.05, 0) is 29.4 Å². The van der Waals surface area contributed by atoms with Crippen molar-refractivity contribution in [3.8, 4) is 183 Å². The number of benzene rings is 7. The molecule has 25 N–H and O–H groups in total. The van der Waals surface area contributed by atoms with Crippen molar-refractivity contribution in [1.82, 2.24) is 0 Å². The van der Waals surface area contributed by atoms with E-state index in [1.807, 2.05) is 0 Å². The van der Waals surface area contributed by atoms with Crippen LogP contribution < -0.4 is 37.8 Å². The molecule has 0 saturated carbocycles. The molecule has 0 bridgehead atoms. The van der Waals surface area contributed by atoms with Crippen LogP contribution in [0.2, 0.25) is 0 Å². The number of aliphatic hydroxyl groups excluding tert-OH is 3. The molecule has 0 aromatic heterocycles. The van der Waals surface area contributed by atoms with Gasteiger partial charge in [0.05, 0.1) is 16.7 Å². The van der Waals surface area contributed by atoms with Gasteiger partial charge in [0.15, 0.2) is 92.0 Å². The third-order valence-electron chi connectivity index (χ3n) is 15.8. The number of aliphatic hydroxyl groups is 3. The second kappa shape index (κ2) is 18.6. The van der Waals surface area contributed by atoms with Gasteiger partial charge in [0.1, 0.15) is 50.7 Å². The maximum Gasteiger partial charge on any atom is 0.213 e. The van der Waals surface area contributed by atoms with Gasteiger partial charge in [0, 0.05) is 84.5 Å². The molecule has 2 aliphatic carbocycles. The molecule has 0 heterocycles. The Hall–Kier alpha value is -11.4. The summed E-state index contributed by atoms with van der Waals surface area (Å²) < 4.78 is 0. The van der Waals surface area contributed by atoms with Crippen molar-refractivity contribution in [2.75, 3.05) is 0 Å². The Labute approximate surface area is 468 Å². The van der Waals surface area contributed by atoms with Gasteiger partial charge in [0.25, 0.3) is 0 Å². The molecule has 0 saturated heterocycles.